The molecule has 0 atom stereocenters. The zero-order valence-electron chi connectivity index (χ0n) is 31.8. The minimum Gasteiger partial charge on any atom is -0.455 e. The summed E-state index contributed by atoms with van der Waals surface area (Å²) >= 11 is 0. The van der Waals surface area contributed by atoms with Crippen LogP contribution in [0.1, 0.15) is 0 Å². The maximum absolute atomic E-state index is 7.10. The molecule has 0 aliphatic heterocycles. The van der Waals surface area contributed by atoms with Crippen LogP contribution in [0.3, 0.4) is 0 Å². The van der Waals surface area contributed by atoms with Crippen molar-refractivity contribution < 1.29 is 4.42 Å². The molecule has 0 aliphatic rings. The number of furan rings is 1. The van der Waals surface area contributed by atoms with Crippen molar-refractivity contribution in [2.24, 2.45) is 0 Å². The second-order valence-corrected chi connectivity index (χ2v) is 15.2. The van der Waals surface area contributed by atoms with E-state index >= 15 is 0 Å². The molecule has 4 nitrogen and oxygen atoms in total. The number of hydrogen-bond acceptors (Lipinski definition) is 4. The van der Waals surface area contributed by atoms with Gasteiger partial charge in [-0.1, -0.05) is 170 Å². The zero-order chi connectivity index (χ0) is 38.9. The van der Waals surface area contributed by atoms with Crippen molar-refractivity contribution >= 4 is 65.0 Å². The fraction of sp³-hybridized carbons (Fsp3) is 0. The molecule has 59 heavy (non-hydrogen) atoms. The lowest BCUT2D eigenvalue weighted by Gasteiger charge is -2.10. The van der Waals surface area contributed by atoms with Crippen molar-refractivity contribution in [3.63, 3.8) is 0 Å². The van der Waals surface area contributed by atoms with Crippen LogP contribution in [-0.4, -0.2) is 15.0 Å². The van der Waals surface area contributed by atoms with Crippen LogP contribution < -0.4 is 0 Å². The van der Waals surface area contributed by atoms with E-state index in [0.29, 0.717) is 17.5 Å². The Morgan fingerprint density at radius 2 is 0.729 bits per heavy atom. The SMILES string of the molecule is c1ccc2cc(-c3ccc(-c4c5ccccc5cc5c4oc4c(-c6nc(-c7ccc8ccccc8c7)nc(-c7ccc8ccccc8c7)n6)cccc45)cc3)ccc2c1. The molecule has 0 radical (unpaired) electrons. The molecule has 274 valence electrons. The Kier molecular flexibility index (Phi) is 7.50. The van der Waals surface area contributed by atoms with Crippen molar-refractivity contribution in [2.75, 3.05) is 0 Å². The average Bonchev–Trinajstić information content (AvgIpc) is 3.68. The number of benzene rings is 10. The minimum atomic E-state index is 0.557. The van der Waals surface area contributed by atoms with E-state index in [9.17, 15) is 0 Å². The van der Waals surface area contributed by atoms with Crippen molar-refractivity contribution in [1.29, 1.82) is 0 Å². The van der Waals surface area contributed by atoms with Crippen LogP contribution in [0.15, 0.2) is 205 Å². The van der Waals surface area contributed by atoms with Gasteiger partial charge >= 0.3 is 0 Å². The topological polar surface area (TPSA) is 51.8 Å². The van der Waals surface area contributed by atoms with Crippen LogP contribution in [0.4, 0.5) is 0 Å². The van der Waals surface area contributed by atoms with Crippen molar-refractivity contribution in [1.82, 2.24) is 15.0 Å². The second-order valence-electron chi connectivity index (χ2n) is 15.2. The lowest BCUT2D eigenvalue weighted by atomic mass is 9.93. The third-order valence-corrected chi connectivity index (χ3v) is 11.7. The highest BCUT2D eigenvalue weighted by atomic mass is 16.3. The quantitative estimate of drug-likeness (QED) is 0.176. The van der Waals surface area contributed by atoms with E-state index < -0.39 is 0 Å². The average molecular weight is 752 g/mol. The summed E-state index contributed by atoms with van der Waals surface area (Å²) in [6, 6.07) is 70.6. The van der Waals surface area contributed by atoms with E-state index in [1.54, 1.807) is 0 Å². The Labute approximate surface area is 339 Å². The van der Waals surface area contributed by atoms with E-state index in [1.807, 2.05) is 0 Å². The number of para-hydroxylation sites is 1. The molecule has 2 heterocycles. The van der Waals surface area contributed by atoms with Gasteiger partial charge in [-0.25, -0.2) is 15.0 Å². The van der Waals surface area contributed by atoms with Gasteiger partial charge in [0, 0.05) is 27.5 Å². The molecule has 0 bridgehead atoms. The van der Waals surface area contributed by atoms with Crippen molar-refractivity contribution in [3.8, 4) is 56.4 Å². The smallest absolute Gasteiger partial charge is 0.167 e. The third kappa shape index (κ3) is 5.65. The van der Waals surface area contributed by atoms with E-state index in [2.05, 4.69) is 200 Å². The molecule has 0 saturated carbocycles. The fourth-order valence-corrected chi connectivity index (χ4v) is 8.67. The molecule has 0 saturated heterocycles. The highest BCUT2D eigenvalue weighted by Crippen LogP contribution is 2.44. The van der Waals surface area contributed by atoms with Crippen LogP contribution in [0.25, 0.3) is 121 Å². The van der Waals surface area contributed by atoms with Crippen molar-refractivity contribution in [2.45, 2.75) is 0 Å². The van der Waals surface area contributed by atoms with Crippen LogP contribution >= 0.6 is 0 Å². The maximum atomic E-state index is 7.10. The number of aromatic nitrogens is 3. The standard InChI is InChI=1S/C55H33N3O/c1-4-13-39-30-42(27-22-34(39)10-1)37-20-25-38(26-21-37)50-46-17-8-7-16-43(46)33-49-47-18-9-19-48(51(47)59-52(49)50)55-57-53(44-28-23-35-11-2-5-14-40(35)31-44)56-54(58-55)45-29-24-36-12-3-6-15-41(36)32-45/h1-33H. The molecule has 12 rings (SSSR count). The first-order valence-electron chi connectivity index (χ1n) is 19.9. The van der Waals surface area contributed by atoms with Crippen molar-refractivity contribution in [3.05, 3.63) is 200 Å². The van der Waals surface area contributed by atoms with Crippen LogP contribution in [0.2, 0.25) is 0 Å². The predicted octanol–water partition coefficient (Wildman–Crippen LogP) is 14.7. The van der Waals surface area contributed by atoms with Crippen LogP contribution in [0.5, 0.6) is 0 Å². The van der Waals surface area contributed by atoms with Gasteiger partial charge in [0.15, 0.2) is 17.5 Å². The first kappa shape index (κ1) is 33.2. The predicted molar refractivity (Wildman–Crippen MR) is 244 cm³/mol. The Hall–Kier alpha value is -7.95. The number of hydrogen-bond donors (Lipinski definition) is 0. The van der Waals surface area contributed by atoms with Crippen LogP contribution in [-0.2, 0) is 0 Å². The van der Waals surface area contributed by atoms with Crippen LogP contribution in [0, 0.1) is 0 Å². The molecule has 0 N–H and O–H groups in total. The third-order valence-electron chi connectivity index (χ3n) is 11.7. The Bertz CT molecular complexity index is 3520. The molecule has 0 unspecified atom stereocenters. The molecule has 4 heteroatoms. The summed E-state index contributed by atoms with van der Waals surface area (Å²) in [6.07, 6.45) is 0. The van der Waals surface area contributed by atoms with E-state index in [1.165, 1.54) is 32.7 Å². The summed E-state index contributed by atoms with van der Waals surface area (Å²) in [6.45, 7) is 0. The summed E-state index contributed by atoms with van der Waals surface area (Å²) < 4.78 is 7.10. The zero-order valence-corrected chi connectivity index (χ0v) is 31.8. The largest absolute Gasteiger partial charge is 0.455 e. The lowest BCUT2D eigenvalue weighted by molar-refractivity contribution is 0.671. The summed E-state index contributed by atoms with van der Waals surface area (Å²) in [7, 11) is 0. The maximum Gasteiger partial charge on any atom is 0.167 e. The van der Waals surface area contributed by atoms with Gasteiger partial charge < -0.3 is 4.42 Å². The van der Waals surface area contributed by atoms with Gasteiger partial charge in [0.05, 0.1) is 5.56 Å². The molecule has 0 fully saturated rings. The lowest BCUT2D eigenvalue weighted by Crippen LogP contribution is -2.00. The van der Waals surface area contributed by atoms with E-state index in [4.69, 9.17) is 19.4 Å². The molecule has 0 amide bonds. The highest BCUT2D eigenvalue weighted by molar-refractivity contribution is 6.20. The molecule has 0 aliphatic carbocycles. The first-order valence-corrected chi connectivity index (χ1v) is 19.9. The van der Waals surface area contributed by atoms with Gasteiger partial charge in [-0.3, -0.25) is 0 Å². The molecular weight excluding hydrogens is 719 g/mol. The van der Waals surface area contributed by atoms with Gasteiger partial charge in [0.1, 0.15) is 11.2 Å². The Morgan fingerprint density at radius 3 is 1.34 bits per heavy atom. The monoisotopic (exact) mass is 751 g/mol. The first-order chi connectivity index (χ1) is 29.2. The number of rotatable bonds is 5. The van der Waals surface area contributed by atoms with Gasteiger partial charge in [-0.15, -0.1) is 0 Å². The van der Waals surface area contributed by atoms with Gasteiger partial charge in [0.2, 0.25) is 0 Å². The van der Waals surface area contributed by atoms with Gasteiger partial charge in [0.25, 0.3) is 0 Å². The second kappa shape index (κ2) is 13.3. The Balaban J connectivity index is 1.05. The molecule has 2 aromatic heterocycles. The van der Waals surface area contributed by atoms with E-state index in [0.717, 1.165) is 71.3 Å². The summed E-state index contributed by atoms with van der Waals surface area (Å²) in [5.41, 5.74) is 8.75. The molecular formula is C55H33N3O. The number of fused-ring (bicyclic) bond motifs is 7. The minimum absolute atomic E-state index is 0.557. The van der Waals surface area contributed by atoms with Gasteiger partial charge in [-0.05, 0) is 90.1 Å². The molecule has 0 spiro atoms. The number of nitrogens with zero attached hydrogens (tertiary/aromatic N) is 3. The summed E-state index contributed by atoms with van der Waals surface area (Å²) in [4.78, 5) is 15.5. The summed E-state index contributed by atoms with van der Waals surface area (Å²) in [5.74, 6) is 1.77. The fourth-order valence-electron chi connectivity index (χ4n) is 8.67. The van der Waals surface area contributed by atoms with Gasteiger partial charge in [-0.2, -0.15) is 0 Å². The molecule has 12 aromatic rings. The highest BCUT2D eigenvalue weighted by Gasteiger charge is 2.21. The normalized spacial score (nSPS) is 11.7. The molecule has 10 aromatic carbocycles. The summed E-state index contributed by atoms with van der Waals surface area (Å²) in [5, 5.41) is 11.4. The Morgan fingerprint density at radius 1 is 0.271 bits per heavy atom. The van der Waals surface area contributed by atoms with E-state index in [-0.39, 0.29) is 0 Å².